The molecule has 0 amide bonds. The average molecular weight is 278 g/mol. The normalized spacial score (nSPS) is 11.4. The van der Waals surface area contributed by atoms with E-state index in [9.17, 15) is 14.9 Å². The molecule has 8 nitrogen and oxygen atoms in total. The zero-order valence-electron chi connectivity index (χ0n) is 11.1. The van der Waals surface area contributed by atoms with Crippen molar-refractivity contribution in [1.82, 2.24) is 4.98 Å². The average Bonchev–Trinajstić information content (AvgIpc) is 2.38. The van der Waals surface area contributed by atoms with Crippen LogP contribution in [-0.4, -0.2) is 33.6 Å². The van der Waals surface area contributed by atoms with Crippen LogP contribution in [0.3, 0.4) is 0 Å². The lowest BCUT2D eigenvalue weighted by molar-refractivity contribution is -0.385. The van der Waals surface area contributed by atoms with Crippen LogP contribution in [0.4, 0.5) is 11.5 Å². The summed E-state index contributed by atoms with van der Waals surface area (Å²) in [5, 5.41) is 28.6. The number of carboxylic acid groups (broad SMARTS) is 1. The van der Waals surface area contributed by atoms with Gasteiger partial charge in [-0.1, -0.05) is 0 Å². The van der Waals surface area contributed by atoms with E-state index in [0.717, 1.165) is 12.3 Å². The maximum Gasteiger partial charge on any atom is 0.305 e. The van der Waals surface area contributed by atoms with Crippen molar-refractivity contribution in [3.05, 3.63) is 27.9 Å². The van der Waals surface area contributed by atoms with Gasteiger partial charge in [0.2, 0.25) is 0 Å². The third-order valence-corrected chi connectivity index (χ3v) is 2.80. The highest BCUT2D eigenvalue weighted by molar-refractivity contribution is 5.69. The first-order valence-electron chi connectivity index (χ1n) is 5.93. The molecule has 0 aromatic carbocycles. The summed E-state index contributed by atoms with van der Waals surface area (Å²) in [7, 11) is 0. The zero-order valence-corrected chi connectivity index (χ0v) is 11.1. The summed E-state index contributed by atoms with van der Waals surface area (Å²) < 4.78 is 0. The van der Waals surface area contributed by atoms with Crippen LogP contribution in [0.15, 0.2) is 12.3 Å². The molecule has 8 heteroatoms. The van der Waals surface area contributed by atoms with Crippen LogP contribution < -0.4 is 4.90 Å². The molecule has 0 spiro atoms. The van der Waals surface area contributed by atoms with E-state index in [2.05, 4.69) is 4.98 Å². The molecule has 0 aliphatic heterocycles. The Morgan fingerprint density at radius 1 is 1.70 bits per heavy atom. The lowest BCUT2D eigenvalue weighted by Crippen LogP contribution is -2.35. The highest BCUT2D eigenvalue weighted by atomic mass is 16.6. The lowest BCUT2D eigenvalue weighted by atomic mass is 10.1. The number of hydrogen-bond acceptors (Lipinski definition) is 6. The Kier molecular flexibility index (Phi) is 4.97. The monoisotopic (exact) mass is 278 g/mol. The minimum Gasteiger partial charge on any atom is -0.481 e. The fourth-order valence-electron chi connectivity index (χ4n) is 1.89. The van der Waals surface area contributed by atoms with E-state index in [-0.39, 0.29) is 29.5 Å². The molecular formula is C12H14N4O4. The van der Waals surface area contributed by atoms with Gasteiger partial charge in [-0.05, 0) is 13.8 Å². The Morgan fingerprint density at radius 2 is 2.35 bits per heavy atom. The van der Waals surface area contributed by atoms with E-state index in [1.807, 2.05) is 6.07 Å². The summed E-state index contributed by atoms with van der Waals surface area (Å²) in [6.45, 7) is 3.93. The van der Waals surface area contributed by atoms with Crippen LogP contribution in [0, 0.1) is 21.4 Å². The van der Waals surface area contributed by atoms with Gasteiger partial charge in [-0.2, -0.15) is 5.26 Å². The lowest BCUT2D eigenvalue weighted by Gasteiger charge is -2.28. The van der Waals surface area contributed by atoms with Crippen molar-refractivity contribution in [3.63, 3.8) is 0 Å². The largest absolute Gasteiger partial charge is 0.481 e. The van der Waals surface area contributed by atoms with E-state index in [4.69, 9.17) is 10.4 Å². The summed E-state index contributed by atoms with van der Waals surface area (Å²) in [6.07, 6.45) is 0.948. The minimum atomic E-state index is -0.962. The first-order valence-corrected chi connectivity index (χ1v) is 5.93. The van der Waals surface area contributed by atoms with E-state index < -0.39 is 10.9 Å². The fourth-order valence-corrected chi connectivity index (χ4v) is 1.89. The Morgan fingerprint density at radius 3 is 2.80 bits per heavy atom. The highest BCUT2D eigenvalue weighted by Gasteiger charge is 2.21. The smallest absolute Gasteiger partial charge is 0.305 e. The number of rotatable bonds is 6. The molecule has 0 saturated carbocycles. The van der Waals surface area contributed by atoms with Crippen LogP contribution in [0.5, 0.6) is 0 Å². The van der Waals surface area contributed by atoms with Crippen molar-refractivity contribution in [2.75, 3.05) is 11.4 Å². The molecule has 0 bridgehead atoms. The van der Waals surface area contributed by atoms with E-state index in [0.29, 0.717) is 6.54 Å². The molecule has 1 aromatic heterocycles. The van der Waals surface area contributed by atoms with Gasteiger partial charge in [0.05, 0.1) is 11.3 Å². The Labute approximate surface area is 115 Å². The van der Waals surface area contributed by atoms with Gasteiger partial charge in [0.25, 0.3) is 5.69 Å². The SMILES string of the molecule is CCN(c1ncc([N+](=O)[O-])cc1C#N)C(C)CC(=O)O. The van der Waals surface area contributed by atoms with Gasteiger partial charge >= 0.3 is 5.97 Å². The topological polar surface area (TPSA) is 120 Å². The number of carbonyl (C=O) groups is 1. The Hall–Kier alpha value is -2.69. The van der Waals surface area contributed by atoms with Gasteiger partial charge in [0.1, 0.15) is 23.6 Å². The van der Waals surface area contributed by atoms with Crippen molar-refractivity contribution in [2.45, 2.75) is 26.3 Å². The molecular weight excluding hydrogens is 264 g/mol. The van der Waals surface area contributed by atoms with Gasteiger partial charge in [-0.15, -0.1) is 0 Å². The van der Waals surface area contributed by atoms with Crippen molar-refractivity contribution >= 4 is 17.5 Å². The summed E-state index contributed by atoms with van der Waals surface area (Å²) >= 11 is 0. The number of hydrogen-bond donors (Lipinski definition) is 1. The number of anilines is 1. The van der Waals surface area contributed by atoms with Gasteiger partial charge in [-0.3, -0.25) is 14.9 Å². The van der Waals surface area contributed by atoms with Crippen LogP contribution in [-0.2, 0) is 4.79 Å². The predicted octanol–water partition coefficient (Wildman–Crippen LogP) is 1.55. The number of nitrogens with zero attached hydrogens (tertiary/aromatic N) is 4. The van der Waals surface area contributed by atoms with E-state index in [1.54, 1.807) is 18.7 Å². The quantitative estimate of drug-likeness (QED) is 0.619. The minimum absolute atomic E-state index is 0.0540. The van der Waals surface area contributed by atoms with Crippen molar-refractivity contribution in [1.29, 1.82) is 5.26 Å². The second-order valence-electron chi connectivity index (χ2n) is 4.17. The van der Waals surface area contributed by atoms with E-state index in [1.165, 1.54) is 0 Å². The number of pyridine rings is 1. The van der Waals surface area contributed by atoms with Crippen molar-refractivity contribution in [3.8, 4) is 6.07 Å². The fraction of sp³-hybridized carbons (Fsp3) is 0.417. The molecule has 1 unspecified atom stereocenters. The van der Waals surface area contributed by atoms with Crippen molar-refractivity contribution in [2.24, 2.45) is 0 Å². The molecule has 0 saturated heterocycles. The van der Waals surface area contributed by atoms with Crippen LogP contribution >= 0.6 is 0 Å². The Balaban J connectivity index is 3.19. The molecule has 1 atom stereocenters. The van der Waals surface area contributed by atoms with Crippen LogP contribution in [0.2, 0.25) is 0 Å². The number of nitro groups is 1. The summed E-state index contributed by atoms with van der Waals surface area (Å²) in [6, 6.07) is 2.62. The summed E-state index contributed by atoms with van der Waals surface area (Å²) in [5.74, 6) is -0.703. The highest BCUT2D eigenvalue weighted by Crippen LogP contribution is 2.24. The molecule has 20 heavy (non-hydrogen) atoms. The molecule has 1 aromatic rings. The molecule has 1 N–H and O–H groups in total. The third-order valence-electron chi connectivity index (χ3n) is 2.80. The number of aliphatic carboxylic acids is 1. The molecule has 106 valence electrons. The predicted molar refractivity (Wildman–Crippen MR) is 70.3 cm³/mol. The van der Waals surface area contributed by atoms with Crippen LogP contribution in [0.1, 0.15) is 25.8 Å². The van der Waals surface area contributed by atoms with Gasteiger partial charge in [0, 0.05) is 18.7 Å². The van der Waals surface area contributed by atoms with Crippen LogP contribution in [0.25, 0.3) is 0 Å². The molecule has 0 fully saturated rings. The maximum atomic E-state index is 10.8. The standard InChI is InChI=1S/C12H14N4O4/c1-3-15(8(2)4-11(17)18)12-9(6-13)5-10(7-14-12)16(19)20/h5,7-8H,3-4H2,1-2H3,(H,17,18). The zero-order chi connectivity index (χ0) is 15.3. The van der Waals surface area contributed by atoms with Gasteiger partial charge in [-0.25, -0.2) is 4.98 Å². The molecule has 1 rings (SSSR count). The second-order valence-corrected chi connectivity index (χ2v) is 4.17. The molecule has 1 heterocycles. The first-order chi connectivity index (χ1) is 9.40. The van der Waals surface area contributed by atoms with Crippen molar-refractivity contribution < 1.29 is 14.8 Å². The molecule has 0 aliphatic rings. The number of nitriles is 1. The number of aromatic nitrogens is 1. The maximum absolute atomic E-state index is 10.8. The molecule has 0 radical (unpaired) electrons. The van der Waals surface area contributed by atoms with Gasteiger partial charge in [0.15, 0.2) is 0 Å². The summed E-state index contributed by atoms with van der Waals surface area (Å²) in [4.78, 5) is 26.4. The molecule has 0 aliphatic carbocycles. The first kappa shape index (κ1) is 15.4. The second kappa shape index (κ2) is 6.47. The summed E-state index contributed by atoms with van der Waals surface area (Å²) in [5.41, 5.74) is -0.217. The Bertz CT molecular complexity index is 567. The van der Waals surface area contributed by atoms with E-state index >= 15 is 0 Å². The third kappa shape index (κ3) is 3.41. The van der Waals surface area contributed by atoms with Gasteiger partial charge < -0.3 is 10.0 Å². The number of carboxylic acids is 1.